The number of nitrogens with zero attached hydrogens (tertiary/aromatic N) is 1. The highest BCUT2D eigenvalue weighted by molar-refractivity contribution is 7.98. The normalized spacial score (nSPS) is 12.0. The van der Waals surface area contributed by atoms with Crippen molar-refractivity contribution in [2.45, 2.75) is 39.2 Å². The van der Waals surface area contributed by atoms with Crippen molar-refractivity contribution in [2.24, 2.45) is 0 Å². The number of hydrogen-bond donors (Lipinski definition) is 2. The number of hydrogen-bond acceptors (Lipinski definition) is 3. The van der Waals surface area contributed by atoms with E-state index in [1.54, 1.807) is 0 Å². The third-order valence-electron chi connectivity index (χ3n) is 2.49. The Morgan fingerprint density at radius 2 is 2.19 bits per heavy atom. The first-order valence-electron chi connectivity index (χ1n) is 5.78. The molecule has 0 aliphatic carbocycles. The predicted molar refractivity (Wildman–Crippen MR) is 72.0 cm³/mol. The van der Waals surface area contributed by atoms with Gasteiger partial charge in [-0.15, -0.1) is 0 Å². The van der Waals surface area contributed by atoms with Crippen molar-refractivity contribution in [3.63, 3.8) is 0 Å². The summed E-state index contributed by atoms with van der Waals surface area (Å²) in [6.07, 6.45) is 5.31. The summed E-state index contributed by atoms with van der Waals surface area (Å²) in [4.78, 5) is 0. The molecule has 1 heterocycles. The average molecular weight is 241 g/mol. The molecule has 16 heavy (non-hydrogen) atoms. The van der Waals surface area contributed by atoms with Gasteiger partial charge in [-0.3, -0.25) is 5.10 Å². The lowest BCUT2D eigenvalue weighted by Gasteiger charge is -2.18. The van der Waals surface area contributed by atoms with Crippen LogP contribution >= 0.6 is 11.8 Å². The highest BCUT2D eigenvalue weighted by atomic mass is 32.2. The number of thioether (sulfide) groups is 1. The third kappa shape index (κ3) is 4.18. The second-order valence-electron chi connectivity index (χ2n) is 5.04. The molecule has 1 rings (SSSR count). The zero-order valence-electron chi connectivity index (χ0n) is 10.8. The number of rotatable bonds is 6. The minimum Gasteiger partial charge on any atom is -0.313 e. The molecule has 92 valence electrons. The van der Waals surface area contributed by atoms with Gasteiger partial charge in [0.15, 0.2) is 0 Å². The minimum absolute atomic E-state index is 0.146. The molecule has 0 unspecified atom stereocenters. The van der Waals surface area contributed by atoms with E-state index in [1.165, 1.54) is 23.4 Å². The topological polar surface area (TPSA) is 40.7 Å². The second-order valence-corrected chi connectivity index (χ2v) is 6.03. The smallest absolute Gasteiger partial charge is 0.0535 e. The molecule has 0 fully saturated rings. The Hall–Kier alpha value is -0.480. The maximum Gasteiger partial charge on any atom is 0.0535 e. The molecular formula is C12H23N3S. The van der Waals surface area contributed by atoms with Crippen molar-refractivity contribution in [3.8, 4) is 0 Å². The van der Waals surface area contributed by atoms with E-state index < -0.39 is 0 Å². The van der Waals surface area contributed by atoms with Crippen LogP contribution in [0.1, 0.15) is 38.4 Å². The Morgan fingerprint density at radius 3 is 2.81 bits per heavy atom. The molecular weight excluding hydrogens is 218 g/mol. The van der Waals surface area contributed by atoms with Crippen LogP contribution in [0.4, 0.5) is 0 Å². The van der Waals surface area contributed by atoms with Crippen LogP contribution in [0.15, 0.2) is 6.20 Å². The van der Waals surface area contributed by atoms with Gasteiger partial charge in [-0.1, -0.05) is 20.8 Å². The lowest BCUT2D eigenvalue weighted by molar-refractivity contribution is 0.553. The van der Waals surface area contributed by atoms with E-state index in [0.717, 1.165) is 13.1 Å². The average Bonchev–Trinajstić information content (AvgIpc) is 2.65. The first-order chi connectivity index (χ1) is 7.55. The van der Waals surface area contributed by atoms with E-state index in [9.17, 15) is 0 Å². The molecule has 0 radical (unpaired) electrons. The number of H-pyrrole nitrogens is 1. The van der Waals surface area contributed by atoms with E-state index in [4.69, 9.17) is 0 Å². The fourth-order valence-corrected chi connectivity index (χ4v) is 2.09. The van der Waals surface area contributed by atoms with Crippen LogP contribution in [0.3, 0.4) is 0 Å². The van der Waals surface area contributed by atoms with Crippen LogP contribution in [-0.2, 0) is 12.0 Å². The Bertz CT molecular complexity index is 301. The fraction of sp³-hybridized carbons (Fsp3) is 0.750. The van der Waals surface area contributed by atoms with Crippen molar-refractivity contribution in [1.29, 1.82) is 0 Å². The lowest BCUT2D eigenvalue weighted by atomic mass is 9.89. The van der Waals surface area contributed by atoms with Gasteiger partial charge < -0.3 is 5.32 Å². The quantitative estimate of drug-likeness (QED) is 0.752. The van der Waals surface area contributed by atoms with Gasteiger partial charge in [0.1, 0.15) is 0 Å². The Labute approximate surface area is 103 Å². The van der Waals surface area contributed by atoms with Gasteiger partial charge >= 0.3 is 0 Å². The fourth-order valence-electron chi connectivity index (χ4n) is 1.66. The molecule has 4 heteroatoms. The molecule has 0 saturated carbocycles. The monoisotopic (exact) mass is 241 g/mol. The summed E-state index contributed by atoms with van der Waals surface area (Å²) in [6.45, 7) is 8.61. The molecule has 0 atom stereocenters. The largest absolute Gasteiger partial charge is 0.313 e. The highest BCUT2D eigenvalue weighted by Crippen LogP contribution is 2.23. The van der Waals surface area contributed by atoms with Crippen molar-refractivity contribution < 1.29 is 0 Å². The van der Waals surface area contributed by atoms with Crippen LogP contribution in [0.5, 0.6) is 0 Å². The van der Waals surface area contributed by atoms with Crippen LogP contribution in [0.2, 0.25) is 0 Å². The molecule has 0 bridgehead atoms. The Kier molecular flexibility index (Phi) is 5.35. The van der Waals surface area contributed by atoms with E-state index in [2.05, 4.69) is 42.5 Å². The van der Waals surface area contributed by atoms with Crippen molar-refractivity contribution in [2.75, 3.05) is 18.6 Å². The molecule has 2 N–H and O–H groups in total. The van der Waals surface area contributed by atoms with Crippen molar-refractivity contribution in [3.05, 3.63) is 17.5 Å². The van der Waals surface area contributed by atoms with Gasteiger partial charge in [0.2, 0.25) is 0 Å². The van der Waals surface area contributed by atoms with Crippen LogP contribution in [-0.4, -0.2) is 28.8 Å². The molecule has 1 aromatic rings. The predicted octanol–water partition coefficient (Wildman–Crippen LogP) is 2.55. The summed E-state index contributed by atoms with van der Waals surface area (Å²) >= 11 is 1.90. The van der Waals surface area contributed by atoms with Gasteiger partial charge in [0.25, 0.3) is 0 Å². The zero-order valence-corrected chi connectivity index (χ0v) is 11.6. The van der Waals surface area contributed by atoms with Crippen LogP contribution in [0, 0.1) is 0 Å². The van der Waals surface area contributed by atoms with Gasteiger partial charge in [0, 0.05) is 23.2 Å². The van der Waals surface area contributed by atoms with Crippen LogP contribution < -0.4 is 5.32 Å². The number of aromatic nitrogens is 2. The maximum absolute atomic E-state index is 4.13. The molecule has 3 nitrogen and oxygen atoms in total. The number of aromatic amines is 1. The van der Waals surface area contributed by atoms with Gasteiger partial charge in [-0.2, -0.15) is 16.9 Å². The van der Waals surface area contributed by atoms with Gasteiger partial charge in [-0.25, -0.2) is 0 Å². The summed E-state index contributed by atoms with van der Waals surface area (Å²) < 4.78 is 0. The van der Waals surface area contributed by atoms with E-state index >= 15 is 0 Å². The molecule has 0 aromatic carbocycles. The first-order valence-corrected chi connectivity index (χ1v) is 7.17. The summed E-state index contributed by atoms with van der Waals surface area (Å²) in [7, 11) is 0. The summed E-state index contributed by atoms with van der Waals surface area (Å²) in [5.41, 5.74) is 2.67. The molecule has 0 spiro atoms. The molecule has 0 saturated heterocycles. The summed E-state index contributed by atoms with van der Waals surface area (Å²) in [5.74, 6) is 1.23. The van der Waals surface area contributed by atoms with E-state index in [1.807, 2.05) is 18.0 Å². The van der Waals surface area contributed by atoms with E-state index in [0.29, 0.717) is 0 Å². The lowest BCUT2D eigenvalue weighted by Crippen LogP contribution is -2.20. The van der Waals surface area contributed by atoms with Crippen LogP contribution in [0.25, 0.3) is 0 Å². The number of nitrogens with one attached hydrogen (secondary N) is 2. The van der Waals surface area contributed by atoms with Crippen molar-refractivity contribution in [1.82, 2.24) is 15.5 Å². The Balaban J connectivity index is 2.40. The molecule has 1 aromatic heterocycles. The van der Waals surface area contributed by atoms with Crippen molar-refractivity contribution >= 4 is 11.8 Å². The molecule has 0 amide bonds. The standard InChI is InChI=1S/C12H23N3S/c1-12(2,3)11-10(9-14-15-11)8-13-6-5-7-16-4/h9,13H,5-8H2,1-4H3,(H,14,15). The Morgan fingerprint density at radius 1 is 1.44 bits per heavy atom. The maximum atomic E-state index is 4.13. The van der Waals surface area contributed by atoms with E-state index in [-0.39, 0.29) is 5.41 Å². The second kappa shape index (κ2) is 6.30. The zero-order chi connectivity index (χ0) is 12.0. The summed E-state index contributed by atoms with van der Waals surface area (Å²) in [6, 6.07) is 0. The SMILES string of the molecule is CSCCCNCc1cn[nH]c1C(C)(C)C. The molecule has 0 aliphatic heterocycles. The molecule has 0 aliphatic rings. The van der Waals surface area contributed by atoms with Gasteiger partial charge in [-0.05, 0) is 25.0 Å². The minimum atomic E-state index is 0.146. The summed E-state index contributed by atoms with van der Waals surface area (Å²) in [5, 5.41) is 10.7. The third-order valence-corrected chi connectivity index (χ3v) is 3.18. The van der Waals surface area contributed by atoms with Gasteiger partial charge in [0.05, 0.1) is 6.20 Å². The first kappa shape index (κ1) is 13.6. The highest BCUT2D eigenvalue weighted by Gasteiger charge is 2.19.